The van der Waals surface area contributed by atoms with Crippen molar-refractivity contribution in [1.29, 1.82) is 0 Å². The summed E-state index contributed by atoms with van der Waals surface area (Å²) in [6.07, 6.45) is -4.41. The summed E-state index contributed by atoms with van der Waals surface area (Å²) < 4.78 is 37.9. The second kappa shape index (κ2) is 5.97. The molecule has 4 nitrogen and oxygen atoms in total. The van der Waals surface area contributed by atoms with Crippen LogP contribution in [0.3, 0.4) is 0 Å². The SMILES string of the molecule is CC(CO)N1CCN(c2cccc(C(F)(F)F)n2)CC1. The molecule has 1 aromatic heterocycles. The third-order valence-corrected chi connectivity index (χ3v) is 3.55. The number of aliphatic hydroxyl groups is 1. The first-order valence-electron chi connectivity index (χ1n) is 6.56. The van der Waals surface area contributed by atoms with Crippen molar-refractivity contribution in [2.45, 2.75) is 19.1 Å². The molecule has 1 aromatic rings. The molecule has 112 valence electrons. The highest BCUT2D eigenvalue weighted by Crippen LogP contribution is 2.29. The number of nitrogens with zero attached hydrogens (tertiary/aromatic N) is 3. The highest BCUT2D eigenvalue weighted by atomic mass is 19.4. The number of rotatable bonds is 3. The normalized spacial score (nSPS) is 19.1. The first kappa shape index (κ1) is 15.1. The van der Waals surface area contributed by atoms with Crippen molar-refractivity contribution in [3.8, 4) is 0 Å². The van der Waals surface area contributed by atoms with E-state index < -0.39 is 11.9 Å². The summed E-state index contributed by atoms with van der Waals surface area (Å²) >= 11 is 0. The molecule has 2 heterocycles. The van der Waals surface area contributed by atoms with E-state index >= 15 is 0 Å². The number of aromatic nitrogens is 1. The highest BCUT2D eigenvalue weighted by Gasteiger charge is 2.33. The molecule has 0 bridgehead atoms. The van der Waals surface area contributed by atoms with Crippen LogP contribution in [0, 0.1) is 0 Å². The monoisotopic (exact) mass is 289 g/mol. The molecule has 0 radical (unpaired) electrons. The van der Waals surface area contributed by atoms with Crippen LogP contribution in [0.4, 0.5) is 19.0 Å². The lowest BCUT2D eigenvalue weighted by molar-refractivity contribution is -0.141. The fraction of sp³-hybridized carbons (Fsp3) is 0.615. The van der Waals surface area contributed by atoms with E-state index in [0.29, 0.717) is 32.0 Å². The van der Waals surface area contributed by atoms with Gasteiger partial charge in [0.25, 0.3) is 0 Å². The fourth-order valence-electron chi connectivity index (χ4n) is 2.26. The van der Waals surface area contributed by atoms with E-state index in [2.05, 4.69) is 9.88 Å². The third kappa shape index (κ3) is 3.40. The van der Waals surface area contributed by atoms with Crippen molar-refractivity contribution >= 4 is 5.82 Å². The van der Waals surface area contributed by atoms with Crippen LogP contribution >= 0.6 is 0 Å². The minimum absolute atomic E-state index is 0.0756. The Hall–Kier alpha value is -1.34. The van der Waals surface area contributed by atoms with E-state index in [1.807, 2.05) is 11.8 Å². The Labute approximate surface area is 115 Å². The van der Waals surface area contributed by atoms with Crippen LogP contribution in [0.2, 0.25) is 0 Å². The summed E-state index contributed by atoms with van der Waals surface area (Å²) in [7, 11) is 0. The first-order chi connectivity index (χ1) is 9.41. The molecule has 0 aliphatic carbocycles. The Morgan fingerprint density at radius 2 is 1.90 bits per heavy atom. The molecule has 1 aliphatic rings. The third-order valence-electron chi connectivity index (χ3n) is 3.55. The van der Waals surface area contributed by atoms with Crippen LogP contribution in [0.1, 0.15) is 12.6 Å². The standard InChI is InChI=1S/C13H18F3N3O/c1-10(9-20)18-5-7-19(8-6-18)12-4-2-3-11(17-12)13(14,15)16/h2-4,10,20H,5-9H2,1H3. The zero-order chi connectivity index (χ0) is 14.8. The smallest absolute Gasteiger partial charge is 0.395 e. The molecule has 1 saturated heterocycles. The summed E-state index contributed by atoms with van der Waals surface area (Å²) in [5, 5.41) is 9.10. The van der Waals surface area contributed by atoms with Crippen molar-refractivity contribution in [3.05, 3.63) is 23.9 Å². The molecule has 1 fully saturated rings. The zero-order valence-corrected chi connectivity index (χ0v) is 11.3. The summed E-state index contributed by atoms with van der Waals surface area (Å²) in [6, 6.07) is 4.04. The van der Waals surface area contributed by atoms with E-state index in [9.17, 15) is 13.2 Å². The van der Waals surface area contributed by atoms with Gasteiger partial charge in [0.1, 0.15) is 11.5 Å². The Balaban J connectivity index is 2.04. The maximum atomic E-state index is 12.6. The second-order valence-corrected chi connectivity index (χ2v) is 4.93. The minimum atomic E-state index is -4.41. The Morgan fingerprint density at radius 3 is 2.45 bits per heavy atom. The van der Waals surface area contributed by atoms with Crippen molar-refractivity contribution in [3.63, 3.8) is 0 Å². The molecule has 1 unspecified atom stereocenters. The number of hydrogen-bond acceptors (Lipinski definition) is 4. The topological polar surface area (TPSA) is 39.6 Å². The average Bonchev–Trinajstić information content (AvgIpc) is 2.46. The summed E-state index contributed by atoms with van der Waals surface area (Å²) in [5.74, 6) is 0.358. The molecule has 1 N–H and O–H groups in total. The number of aliphatic hydroxyl groups excluding tert-OH is 1. The van der Waals surface area contributed by atoms with Gasteiger partial charge in [-0.05, 0) is 19.1 Å². The molecule has 1 atom stereocenters. The maximum absolute atomic E-state index is 12.6. The molecular formula is C13H18F3N3O. The minimum Gasteiger partial charge on any atom is -0.395 e. The summed E-state index contributed by atoms with van der Waals surface area (Å²) in [5.41, 5.74) is -0.860. The lowest BCUT2D eigenvalue weighted by atomic mass is 10.2. The van der Waals surface area contributed by atoms with Crippen molar-refractivity contribution in [2.75, 3.05) is 37.7 Å². The Kier molecular flexibility index (Phi) is 4.49. The number of piperazine rings is 1. The average molecular weight is 289 g/mol. The van der Waals surface area contributed by atoms with Crippen molar-refractivity contribution < 1.29 is 18.3 Å². The van der Waals surface area contributed by atoms with Gasteiger partial charge >= 0.3 is 6.18 Å². The highest BCUT2D eigenvalue weighted by molar-refractivity contribution is 5.40. The molecule has 2 rings (SSSR count). The quantitative estimate of drug-likeness (QED) is 0.917. The molecule has 0 amide bonds. The van der Waals surface area contributed by atoms with Crippen molar-refractivity contribution in [1.82, 2.24) is 9.88 Å². The molecule has 0 spiro atoms. The van der Waals surface area contributed by atoms with Crippen LogP contribution in [-0.4, -0.2) is 53.8 Å². The van der Waals surface area contributed by atoms with E-state index in [1.54, 1.807) is 6.07 Å². The fourth-order valence-corrected chi connectivity index (χ4v) is 2.26. The van der Waals surface area contributed by atoms with Gasteiger partial charge in [0.05, 0.1) is 6.61 Å². The van der Waals surface area contributed by atoms with Crippen LogP contribution in [0.5, 0.6) is 0 Å². The predicted octanol–water partition coefficient (Wildman–Crippen LogP) is 1.60. The number of halogens is 3. The lowest BCUT2D eigenvalue weighted by Crippen LogP contribution is -2.50. The summed E-state index contributed by atoms with van der Waals surface area (Å²) in [6.45, 7) is 4.65. The Morgan fingerprint density at radius 1 is 1.25 bits per heavy atom. The van der Waals surface area contributed by atoms with Gasteiger partial charge in [-0.15, -0.1) is 0 Å². The number of alkyl halides is 3. The largest absolute Gasteiger partial charge is 0.433 e. The van der Waals surface area contributed by atoms with Gasteiger partial charge in [0, 0.05) is 32.2 Å². The van der Waals surface area contributed by atoms with Gasteiger partial charge in [-0.25, -0.2) is 4.98 Å². The van der Waals surface area contributed by atoms with Gasteiger partial charge in [0.15, 0.2) is 0 Å². The van der Waals surface area contributed by atoms with Gasteiger partial charge < -0.3 is 10.0 Å². The van der Waals surface area contributed by atoms with E-state index in [1.165, 1.54) is 6.07 Å². The van der Waals surface area contributed by atoms with Gasteiger partial charge in [0.2, 0.25) is 0 Å². The molecule has 0 saturated carbocycles. The van der Waals surface area contributed by atoms with Crippen molar-refractivity contribution in [2.24, 2.45) is 0 Å². The van der Waals surface area contributed by atoms with Gasteiger partial charge in [-0.2, -0.15) is 13.2 Å². The van der Waals surface area contributed by atoms with E-state index in [0.717, 1.165) is 6.07 Å². The molecule has 7 heteroatoms. The molecule has 20 heavy (non-hydrogen) atoms. The zero-order valence-electron chi connectivity index (χ0n) is 11.3. The summed E-state index contributed by atoms with van der Waals surface area (Å²) in [4.78, 5) is 7.65. The van der Waals surface area contributed by atoms with Gasteiger partial charge in [-0.3, -0.25) is 4.90 Å². The van der Waals surface area contributed by atoms with E-state index in [4.69, 9.17) is 5.11 Å². The van der Waals surface area contributed by atoms with Gasteiger partial charge in [-0.1, -0.05) is 6.07 Å². The van der Waals surface area contributed by atoms with Crippen LogP contribution in [0.15, 0.2) is 18.2 Å². The number of anilines is 1. The first-order valence-corrected chi connectivity index (χ1v) is 6.56. The van der Waals surface area contributed by atoms with Crippen LogP contribution < -0.4 is 4.90 Å². The lowest BCUT2D eigenvalue weighted by Gasteiger charge is -2.38. The van der Waals surface area contributed by atoms with Crippen LogP contribution in [0.25, 0.3) is 0 Å². The molecule has 1 aliphatic heterocycles. The Bertz CT molecular complexity index is 445. The molecule has 0 aromatic carbocycles. The second-order valence-electron chi connectivity index (χ2n) is 4.93. The number of pyridine rings is 1. The maximum Gasteiger partial charge on any atom is 0.433 e. The number of hydrogen-bond donors (Lipinski definition) is 1. The molecular weight excluding hydrogens is 271 g/mol. The van der Waals surface area contributed by atoms with Crippen LogP contribution in [-0.2, 0) is 6.18 Å². The van der Waals surface area contributed by atoms with E-state index in [-0.39, 0.29) is 12.6 Å². The predicted molar refractivity (Wildman–Crippen MR) is 69.6 cm³/mol.